The zero-order valence-corrected chi connectivity index (χ0v) is 22.2. The highest BCUT2D eigenvalue weighted by atomic mass is 32.2. The molecule has 3 aromatic rings. The minimum absolute atomic E-state index is 0.0140. The Bertz CT molecular complexity index is 1460. The average Bonchev–Trinajstić information content (AvgIpc) is 3.20. The van der Waals surface area contributed by atoms with E-state index in [2.05, 4.69) is 4.99 Å². The van der Waals surface area contributed by atoms with Gasteiger partial charge in [0.25, 0.3) is 5.91 Å². The van der Waals surface area contributed by atoms with Crippen LogP contribution in [0, 0.1) is 11.7 Å². The molecule has 37 heavy (non-hydrogen) atoms. The third-order valence-corrected chi connectivity index (χ3v) is 8.97. The third kappa shape index (κ3) is 6.08. The van der Waals surface area contributed by atoms with Gasteiger partial charge in [0.1, 0.15) is 18.1 Å². The summed E-state index contributed by atoms with van der Waals surface area (Å²) in [6.07, 6.45) is 0.611. The summed E-state index contributed by atoms with van der Waals surface area (Å²) in [4.78, 5) is 30.1. The second-order valence-electron chi connectivity index (χ2n) is 8.42. The van der Waals surface area contributed by atoms with E-state index in [1.165, 1.54) is 27.8 Å². The molecule has 198 valence electrons. The maximum absolute atomic E-state index is 13.2. The molecular weight excluding hydrogens is 521 g/mol. The number of thiazole rings is 1. The van der Waals surface area contributed by atoms with Gasteiger partial charge in [0, 0.05) is 19.0 Å². The summed E-state index contributed by atoms with van der Waals surface area (Å²) >= 11 is 1.27. The van der Waals surface area contributed by atoms with Crippen molar-refractivity contribution in [2.75, 3.05) is 26.3 Å². The maximum atomic E-state index is 13.2. The van der Waals surface area contributed by atoms with Gasteiger partial charge in [0.05, 0.1) is 28.3 Å². The van der Waals surface area contributed by atoms with E-state index in [1.54, 1.807) is 17.6 Å². The van der Waals surface area contributed by atoms with Gasteiger partial charge in [0.2, 0.25) is 10.0 Å². The van der Waals surface area contributed by atoms with Crippen LogP contribution in [0.3, 0.4) is 0 Å². The smallest absolute Gasteiger partial charge is 0.326 e. The minimum Gasteiger partial charge on any atom is -0.494 e. The normalized spacial score (nSPS) is 15.7. The van der Waals surface area contributed by atoms with Crippen LogP contribution in [0.15, 0.2) is 52.4 Å². The number of aromatic nitrogens is 1. The summed E-state index contributed by atoms with van der Waals surface area (Å²) in [6, 6.07) is 10.1. The van der Waals surface area contributed by atoms with Gasteiger partial charge in [-0.25, -0.2) is 12.8 Å². The van der Waals surface area contributed by atoms with Gasteiger partial charge in [-0.3, -0.25) is 9.59 Å². The molecule has 9 nitrogen and oxygen atoms in total. The van der Waals surface area contributed by atoms with E-state index >= 15 is 0 Å². The van der Waals surface area contributed by atoms with Crippen molar-refractivity contribution in [1.29, 1.82) is 0 Å². The summed E-state index contributed by atoms with van der Waals surface area (Å²) < 4.78 is 53.4. The summed E-state index contributed by atoms with van der Waals surface area (Å²) in [5.74, 6) is -1.11. The van der Waals surface area contributed by atoms with Gasteiger partial charge in [-0.05, 0) is 69.2 Å². The standard InChI is InChI=1S/C25H28FN3O6S2/c1-3-34-19-7-10-21-22(15-19)36-25(29(21)16-23(30)35-4-2)27-24(31)17-11-13-28(14-12-17)37(32,33)20-8-5-18(26)6-9-20/h5-10,15,17H,3-4,11-14,16H2,1-2H3. The highest BCUT2D eigenvalue weighted by Crippen LogP contribution is 2.26. The van der Waals surface area contributed by atoms with Crippen molar-refractivity contribution in [2.24, 2.45) is 10.9 Å². The first kappa shape index (κ1) is 27.0. The number of rotatable bonds is 8. The second kappa shape index (κ2) is 11.5. The number of hydrogen-bond donors (Lipinski definition) is 0. The van der Waals surface area contributed by atoms with E-state index in [0.717, 1.165) is 22.3 Å². The molecule has 2 heterocycles. The lowest BCUT2D eigenvalue weighted by molar-refractivity contribution is -0.143. The largest absolute Gasteiger partial charge is 0.494 e. The number of nitrogens with zero attached hydrogens (tertiary/aromatic N) is 3. The second-order valence-corrected chi connectivity index (χ2v) is 11.4. The van der Waals surface area contributed by atoms with Crippen molar-refractivity contribution in [3.63, 3.8) is 0 Å². The number of carbonyl (C=O) groups excluding carboxylic acids is 2. The van der Waals surface area contributed by atoms with Crippen LogP contribution in [0.1, 0.15) is 26.7 Å². The summed E-state index contributed by atoms with van der Waals surface area (Å²) in [7, 11) is -3.78. The molecule has 2 aromatic carbocycles. The molecule has 1 aliphatic rings. The first-order valence-electron chi connectivity index (χ1n) is 12.0. The Morgan fingerprint density at radius 3 is 2.43 bits per heavy atom. The molecule has 12 heteroatoms. The Morgan fingerprint density at radius 1 is 1.08 bits per heavy atom. The van der Waals surface area contributed by atoms with Crippen molar-refractivity contribution in [1.82, 2.24) is 8.87 Å². The van der Waals surface area contributed by atoms with Gasteiger partial charge in [-0.2, -0.15) is 9.30 Å². The van der Waals surface area contributed by atoms with Crippen LogP contribution in [-0.2, 0) is 30.9 Å². The van der Waals surface area contributed by atoms with Crippen LogP contribution in [0.5, 0.6) is 5.75 Å². The van der Waals surface area contributed by atoms with E-state index in [1.807, 2.05) is 19.1 Å². The van der Waals surface area contributed by atoms with Crippen LogP contribution in [0.25, 0.3) is 10.2 Å². The lowest BCUT2D eigenvalue weighted by atomic mass is 9.98. The monoisotopic (exact) mass is 549 g/mol. The maximum Gasteiger partial charge on any atom is 0.326 e. The minimum atomic E-state index is -3.78. The number of sulfonamides is 1. The van der Waals surface area contributed by atoms with Crippen molar-refractivity contribution >= 4 is 43.5 Å². The summed E-state index contributed by atoms with van der Waals surface area (Å²) in [5.41, 5.74) is 0.730. The molecule has 1 aliphatic heterocycles. The van der Waals surface area contributed by atoms with Crippen LogP contribution in [0.4, 0.5) is 4.39 Å². The van der Waals surface area contributed by atoms with Crippen molar-refractivity contribution in [3.05, 3.63) is 53.1 Å². The first-order valence-corrected chi connectivity index (χ1v) is 14.2. The highest BCUT2D eigenvalue weighted by Gasteiger charge is 2.32. The van der Waals surface area contributed by atoms with E-state index in [0.29, 0.717) is 30.0 Å². The van der Waals surface area contributed by atoms with Gasteiger partial charge in [-0.15, -0.1) is 0 Å². The molecule has 0 aliphatic carbocycles. The van der Waals surface area contributed by atoms with Crippen LogP contribution >= 0.6 is 11.3 Å². The quantitative estimate of drug-likeness (QED) is 0.399. The molecule has 0 radical (unpaired) electrons. The fraction of sp³-hybridized carbons (Fsp3) is 0.400. The lowest BCUT2D eigenvalue weighted by Crippen LogP contribution is -2.40. The molecule has 1 amide bonds. The number of amides is 1. The predicted octanol–water partition coefficient (Wildman–Crippen LogP) is 3.33. The predicted molar refractivity (Wildman–Crippen MR) is 136 cm³/mol. The topological polar surface area (TPSA) is 107 Å². The molecular formula is C25H28FN3O6S2. The SMILES string of the molecule is CCOC(=O)Cn1c(=NC(=O)C2CCN(S(=O)(=O)c3ccc(F)cc3)CC2)sc2cc(OCC)ccc21. The molecule has 4 rings (SSSR count). The lowest BCUT2D eigenvalue weighted by Gasteiger charge is -2.29. The van der Waals surface area contributed by atoms with Crippen LogP contribution in [-0.4, -0.2) is 55.5 Å². The number of fused-ring (bicyclic) bond motifs is 1. The number of esters is 1. The number of piperidine rings is 1. The average molecular weight is 550 g/mol. The van der Waals surface area contributed by atoms with Crippen LogP contribution in [0.2, 0.25) is 0 Å². The fourth-order valence-electron chi connectivity index (χ4n) is 4.17. The number of hydrogen-bond acceptors (Lipinski definition) is 7. The molecule has 0 atom stereocenters. The molecule has 0 bridgehead atoms. The summed E-state index contributed by atoms with van der Waals surface area (Å²) in [5, 5.41) is 0. The molecule has 1 saturated heterocycles. The summed E-state index contributed by atoms with van der Waals surface area (Å²) in [6.45, 7) is 4.56. The molecule has 0 N–H and O–H groups in total. The Balaban J connectivity index is 1.56. The Kier molecular flexibility index (Phi) is 8.40. The van der Waals surface area contributed by atoms with Crippen molar-refractivity contribution in [2.45, 2.75) is 38.1 Å². The Hall–Kier alpha value is -3.09. The van der Waals surface area contributed by atoms with Gasteiger partial charge in [0.15, 0.2) is 4.80 Å². The zero-order chi connectivity index (χ0) is 26.6. The van der Waals surface area contributed by atoms with E-state index in [4.69, 9.17) is 9.47 Å². The van der Waals surface area contributed by atoms with Gasteiger partial charge in [-0.1, -0.05) is 11.3 Å². The van der Waals surface area contributed by atoms with Crippen molar-refractivity contribution in [3.8, 4) is 5.75 Å². The fourth-order valence-corrected chi connectivity index (χ4v) is 6.70. The molecule has 1 aromatic heterocycles. The molecule has 1 fully saturated rings. The zero-order valence-electron chi connectivity index (χ0n) is 20.6. The van der Waals surface area contributed by atoms with Crippen molar-refractivity contribution < 1.29 is 31.9 Å². The van der Waals surface area contributed by atoms with Crippen LogP contribution < -0.4 is 9.54 Å². The Labute approximate surface area is 218 Å². The number of ether oxygens (including phenoxy) is 2. The number of halogens is 1. The number of benzene rings is 2. The Morgan fingerprint density at radius 2 is 1.78 bits per heavy atom. The molecule has 0 spiro atoms. The van der Waals surface area contributed by atoms with E-state index < -0.39 is 27.7 Å². The molecule has 0 saturated carbocycles. The van der Waals surface area contributed by atoms with E-state index in [9.17, 15) is 22.4 Å². The van der Waals surface area contributed by atoms with Gasteiger partial charge < -0.3 is 14.0 Å². The van der Waals surface area contributed by atoms with Gasteiger partial charge >= 0.3 is 5.97 Å². The molecule has 0 unspecified atom stereocenters. The first-order chi connectivity index (χ1) is 17.7. The highest BCUT2D eigenvalue weighted by molar-refractivity contribution is 7.89. The third-order valence-electron chi connectivity index (χ3n) is 6.02. The number of carbonyl (C=O) groups is 2. The van der Waals surface area contributed by atoms with E-state index in [-0.39, 0.29) is 37.0 Å².